The fourth-order valence-corrected chi connectivity index (χ4v) is 0.985. The third-order valence-corrected chi connectivity index (χ3v) is 1.87. The van der Waals surface area contributed by atoms with E-state index in [2.05, 4.69) is 20.2 Å². The molecule has 1 aromatic heterocycles. The van der Waals surface area contributed by atoms with Crippen molar-refractivity contribution >= 4 is 10.0 Å². The van der Waals surface area contributed by atoms with Crippen LogP contribution in [0.15, 0.2) is 0 Å². The first kappa shape index (κ1) is 9.07. The van der Waals surface area contributed by atoms with Crippen LogP contribution in [-0.4, -0.2) is 34.9 Å². The lowest BCUT2D eigenvalue weighted by Crippen LogP contribution is -2.23. The van der Waals surface area contributed by atoms with Crippen molar-refractivity contribution in [2.75, 3.05) is 6.26 Å². The van der Waals surface area contributed by atoms with Gasteiger partial charge in [0.1, 0.15) is 0 Å². The molecule has 0 aliphatic rings. The molecule has 0 aliphatic heterocycles. The van der Waals surface area contributed by atoms with Gasteiger partial charge in [-0.05, 0) is 10.4 Å². The smallest absolute Gasteiger partial charge is 0.209 e. The van der Waals surface area contributed by atoms with Crippen molar-refractivity contribution in [3.63, 3.8) is 0 Å². The molecule has 68 valence electrons. The van der Waals surface area contributed by atoms with Gasteiger partial charge >= 0.3 is 0 Å². The van der Waals surface area contributed by atoms with Gasteiger partial charge in [0.05, 0.1) is 12.8 Å². The summed E-state index contributed by atoms with van der Waals surface area (Å²) >= 11 is 0. The van der Waals surface area contributed by atoms with Crippen LogP contribution in [0.5, 0.6) is 0 Å². The molecule has 1 heterocycles. The molecule has 0 bridgehead atoms. The quantitative estimate of drug-likeness (QED) is 0.612. The zero-order valence-corrected chi connectivity index (χ0v) is 7.54. The topological polar surface area (TPSA) is 89.8 Å². The minimum atomic E-state index is -3.18. The molecular formula is C4H9N5O2S. The number of hydrogen-bond acceptors (Lipinski definition) is 5. The Balaban J connectivity index is 2.61. The Kier molecular flexibility index (Phi) is 2.38. The molecule has 0 radical (unpaired) electrons. The normalized spacial score (nSPS) is 11.8. The maximum Gasteiger partial charge on any atom is 0.209 e. The second kappa shape index (κ2) is 3.15. The molecule has 0 unspecified atom stereocenters. The molecule has 0 amide bonds. The largest absolute Gasteiger partial charge is 0.231 e. The number of nitrogens with zero attached hydrogens (tertiary/aromatic N) is 4. The molecular weight excluding hydrogens is 182 g/mol. The van der Waals surface area contributed by atoms with Gasteiger partial charge in [0, 0.05) is 7.05 Å². The van der Waals surface area contributed by atoms with E-state index in [1.807, 2.05) is 0 Å². The van der Waals surface area contributed by atoms with Gasteiger partial charge in [-0.1, -0.05) is 0 Å². The monoisotopic (exact) mass is 191 g/mol. The Bertz CT molecular complexity index is 355. The Morgan fingerprint density at radius 1 is 1.58 bits per heavy atom. The highest BCUT2D eigenvalue weighted by molar-refractivity contribution is 7.88. The maximum absolute atomic E-state index is 10.6. The van der Waals surface area contributed by atoms with Crippen molar-refractivity contribution in [3.8, 4) is 0 Å². The standard InChI is InChI=1S/C4H9N5O2S/c1-9-4(6-7-8-9)3-5-12(2,10)11/h5H,3H2,1-2H3. The third kappa shape index (κ3) is 2.55. The van der Waals surface area contributed by atoms with Crippen LogP contribution in [0.25, 0.3) is 0 Å². The Morgan fingerprint density at radius 3 is 2.67 bits per heavy atom. The van der Waals surface area contributed by atoms with E-state index in [0.717, 1.165) is 6.26 Å². The van der Waals surface area contributed by atoms with Gasteiger partial charge in [0.25, 0.3) is 0 Å². The molecule has 0 aliphatic carbocycles. The summed E-state index contributed by atoms with van der Waals surface area (Å²) in [5.41, 5.74) is 0. The lowest BCUT2D eigenvalue weighted by Gasteiger charge is -1.98. The van der Waals surface area contributed by atoms with Crippen molar-refractivity contribution in [1.82, 2.24) is 24.9 Å². The molecule has 0 spiro atoms. The summed E-state index contributed by atoms with van der Waals surface area (Å²) in [5, 5.41) is 10.5. The summed E-state index contributed by atoms with van der Waals surface area (Å²) in [5.74, 6) is 0.473. The zero-order valence-electron chi connectivity index (χ0n) is 6.72. The molecule has 12 heavy (non-hydrogen) atoms. The van der Waals surface area contributed by atoms with E-state index in [4.69, 9.17) is 0 Å². The van der Waals surface area contributed by atoms with Crippen LogP contribution in [-0.2, 0) is 23.6 Å². The number of hydrogen-bond donors (Lipinski definition) is 1. The summed E-state index contributed by atoms with van der Waals surface area (Å²) in [6.07, 6.45) is 1.08. The second-order valence-corrected chi connectivity index (χ2v) is 4.15. The summed E-state index contributed by atoms with van der Waals surface area (Å²) in [6.45, 7) is 0.113. The lowest BCUT2D eigenvalue weighted by molar-refractivity contribution is 0.581. The predicted molar refractivity (Wildman–Crippen MR) is 40.5 cm³/mol. The highest BCUT2D eigenvalue weighted by Crippen LogP contribution is 1.87. The van der Waals surface area contributed by atoms with E-state index in [9.17, 15) is 8.42 Å². The number of aryl methyl sites for hydroxylation is 1. The first-order chi connectivity index (χ1) is 5.49. The molecule has 1 aromatic rings. The molecule has 7 nitrogen and oxygen atoms in total. The second-order valence-electron chi connectivity index (χ2n) is 2.31. The van der Waals surface area contributed by atoms with Crippen LogP contribution in [0.4, 0.5) is 0 Å². The van der Waals surface area contributed by atoms with Crippen molar-refractivity contribution in [1.29, 1.82) is 0 Å². The zero-order chi connectivity index (χ0) is 9.19. The van der Waals surface area contributed by atoms with Crippen LogP contribution >= 0.6 is 0 Å². The van der Waals surface area contributed by atoms with Gasteiger partial charge in [-0.15, -0.1) is 5.10 Å². The number of tetrazole rings is 1. The number of rotatable bonds is 3. The van der Waals surface area contributed by atoms with Crippen LogP contribution in [0.2, 0.25) is 0 Å². The summed E-state index contributed by atoms with van der Waals surface area (Å²) < 4.78 is 25.0. The first-order valence-corrected chi connectivity index (χ1v) is 5.04. The third-order valence-electron chi connectivity index (χ3n) is 1.20. The summed E-state index contributed by atoms with van der Waals surface area (Å²) in [7, 11) is -1.54. The van der Waals surface area contributed by atoms with E-state index < -0.39 is 10.0 Å². The molecule has 8 heteroatoms. The van der Waals surface area contributed by atoms with Crippen molar-refractivity contribution < 1.29 is 8.42 Å². The SMILES string of the molecule is Cn1nnnc1CNS(C)(=O)=O. The Hall–Kier alpha value is -1.02. The molecule has 0 atom stereocenters. The molecule has 1 rings (SSSR count). The number of sulfonamides is 1. The predicted octanol–water partition coefficient (Wildman–Crippen LogP) is -1.74. The van der Waals surface area contributed by atoms with Crippen molar-refractivity contribution in [3.05, 3.63) is 5.82 Å². The minimum absolute atomic E-state index is 0.113. The van der Waals surface area contributed by atoms with E-state index in [-0.39, 0.29) is 6.54 Å². The van der Waals surface area contributed by atoms with Gasteiger partial charge in [-0.2, -0.15) is 0 Å². The molecule has 0 aromatic carbocycles. The van der Waals surface area contributed by atoms with Crippen LogP contribution in [0, 0.1) is 0 Å². The maximum atomic E-state index is 10.6. The van der Waals surface area contributed by atoms with Gasteiger partial charge in [-0.3, -0.25) is 0 Å². The highest BCUT2D eigenvalue weighted by atomic mass is 32.2. The Morgan fingerprint density at radius 2 is 2.25 bits per heavy atom. The van der Waals surface area contributed by atoms with Crippen molar-refractivity contribution in [2.24, 2.45) is 7.05 Å². The molecule has 1 N–H and O–H groups in total. The average Bonchev–Trinajstić information content (AvgIpc) is 2.29. The summed E-state index contributed by atoms with van der Waals surface area (Å²) in [6, 6.07) is 0. The van der Waals surface area contributed by atoms with Gasteiger partial charge in [0.2, 0.25) is 10.0 Å². The average molecular weight is 191 g/mol. The van der Waals surface area contributed by atoms with E-state index in [0.29, 0.717) is 5.82 Å². The molecule has 0 fully saturated rings. The fraction of sp³-hybridized carbons (Fsp3) is 0.750. The number of aromatic nitrogens is 4. The van der Waals surface area contributed by atoms with Crippen LogP contribution < -0.4 is 4.72 Å². The first-order valence-electron chi connectivity index (χ1n) is 3.15. The Labute approximate surface area is 69.8 Å². The summed E-state index contributed by atoms with van der Waals surface area (Å²) in [4.78, 5) is 0. The van der Waals surface area contributed by atoms with Gasteiger partial charge in [-0.25, -0.2) is 17.8 Å². The van der Waals surface area contributed by atoms with E-state index in [1.165, 1.54) is 4.68 Å². The van der Waals surface area contributed by atoms with Crippen LogP contribution in [0.3, 0.4) is 0 Å². The van der Waals surface area contributed by atoms with Crippen LogP contribution in [0.1, 0.15) is 5.82 Å². The fourth-order valence-electron chi connectivity index (χ4n) is 0.593. The van der Waals surface area contributed by atoms with E-state index >= 15 is 0 Å². The number of nitrogens with one attached hydrogen (secondary N) is 1. The minimum Gasteiger partial charge on any atom is -0.231 e. The highest BCUT2D eigenvalue weighted by Gasteiger charge is 2.05. The van der Waals surface area contributed by atoms with Gasteiger partial charge < -0.3 is 0 Å². The van der Waals surface area contributed by atoms with Crippen molar-refractivity contribution in [2.45, 2.75) is 6.54 Å². The van der Waals surface area contributed by atoms with Gasteiger partial charge in [0.15, 0.2) is 5.82 Å². The lowest BCUT2D eigenvalue weighted by atomic mass is 10.6. The molecule has 0 saturated carbocycles. The van der Waals surface area contributed by atoms with E-state index in [1.54, 1.807) is 7.05 Å². The molecule has 0 saturated heterocycles.